The van der Waals surface area contributed by atoms with E-state index in [1.54, 1.807) is 0 Å². The third kappa shape index (κ3) is 2.73. The molecule has 2 atom stereocenters. The Labute approximate surface area is 101 Å². The second kappa shape index (κ2) is 5.11. The minimum Gasteiger partial charge on any atom is -0.481 e. The summed E-state index contributed by atoms with van der Waals surface area (Å²) in [5.74, 6) is -8.46. The monoisotopic (exact) mass is 271 g/mol. The first-order valence-corrected chi connectivity index (χ1v) is 5.37. The van der Waals surface area contributed by atoms with Crippen LogP contribution in [0.2, 0.25) is 0 Å². The molecule has 1 fully saturated rings. The lowest BCUT2D eigenvalue weighted by Gasteiger charge is -2.37. The van der Waals surface area contributed by atoms with Crippen molar-refractivity contribution in [2.75, 3.05) is 6.54 Å². The summed E-state index contributed by atoms with van der Waals surface area (Å²) in [6, 6.07) is -0.794. The van der Waals surface area contributed by atoms with Crippen molar-refractivity contribution in [1.82, 2.24) is 4.90 Å². The summed E-state index contributed by atoms with van der Waals surface area (Å²) in [4.78, 5) is 22.6. The zero-order valence-electron chi connectivity index (χ0n) is 9.58. The summed E-state index contributed by atoms with van der Waals surface area (Å²) < 4.78 is 49.9. The number of aliphatic carboxylic acids is 1. The van der Waals surface area contributed by atoms with E-state index in [2.05, 4.69) is 0 Å². The SMILES string of the molecule is CC1CC(C(=O)O)CCN1C(=O)C(F)(F)C(F)F. The van der Waals surface area contributed by atoms with Crippen LogP contribution in [-0.4, -0.2) is 46.8 Å². The smallest absolute Gasteiger partial charge is 0.383 e. The van der Waals surface area contributed by atoms with Crippen LogP contribution in [0, 0.1) is 5.92 Å². The van der Waals surface area contributed by atoms with Gasteiger partial charge in [-0.3, -0.25) is 9.59 Å². The van der Waals surface area contributed by atoms with E-state index in [0.717, 1.165) is 0 Å². The van der Waals surface area contributed by atoms with Gasteiger partial charge in [0.15, 0.2) is 0 Å². The quantitative estimate of drug-likeness (QED) is 0.793. The Morgan fingerprint density at radius 3 is 2.33 bits per heavy atom. The second-order valence-electron chi connectivity index (χ2n) is 4.33. The Balaban J connectivity index is 2.75. The maximum Gasteiger partial charge on any atom is 0.383 e. The van der Waals surface area contributed by atoms with Crippen molar-refractivity contribution < 1.29 is 32.3 Å². The lowest BCUT2D eigenvalue weighted by molar-refractivity contribution is -0.185. The highest BCUT2D eigenvalue weighted by Crippen LogP contribution is 2.30. The number of amides is 1. The molecule has 1 saturated heterocycles. The van der Waals surface area contributed by atoms with E-state index in [1.165, 1.54) is 6.92 Å². The van der Waals surface area contributed by atoms with Gasteiger partial charge in [0.25, 0.3) is 5.91 Å². The summed E-state index contributed by atoms with van der Waals surface area (Å²) in [5.41, 5.74) is 0. The number of likely N-dealkylation sites (tertiary alicyclic amines) is 1. The third-order valence-corrected chi connectivity index (χ3v) is 3.05. The van der Waals surface area contributed by atoms with Gasteiger partial charge < -0.3 is 10.0 Å². The number of carboxylic acids is 1. The van der Waals surface area contributed by atoms with Crippen molar-refractivity contribution in [3.8, 4) is 0 Å². The molecule has 1 rings (SSSR count). The number of carbonyl (C=O) groups is 2. The molecule has 1 aliphatic heterocycles. The van der Waals surface area contributed by atoms with E-state index in [-0.39, 0.29) is 19.4 Å². The number of carbonyl (C=O) groups excluding carboxylic acids is 1. The molecule has 4 nitrogen and oxygen atoms in total. The Kier molecular flexibility index (Phi) is 4.18. The van der Waals surface area contributed by atoms with Crippen molar-refractivity contribution >= 4 is 11.9 Å². The van der Waals surface area contributed by atoms with Gasteiger partial charge in [0.05, 0.1) is 5.92 Å². The summed E-state index contributed by atoms with van der Waals surface area (Å²) in [6.45, 7) is 1.12. The van der Waals surface area contributed by atoms with Crippen LogP contribution in [0.1, 0.15) is 19.8 Å². The van der Waals surface area contributed by atoms with Crippen LogP contribution in [-0.2, 0) is 9.59 Å². The van der Waals surface area contributed by atoms with Gasteiger partial charge in [0.1, 0.15) is 0 Å². The molecule has 0 aromatic rings. The van der Waals surface area contributed by atoms with E-state index >= 15 is 0 Å². The molecule has 1 N–H and O–H groups in total. The Hall–Kier alpha value is -1.34. The number of carboxylic acid groups (broad SMARTS) is 1. The van der Waals surface area contributed by atoms with Crippen molar-refractivity contribution in [2.45, 2.75) is 38.2 Å². The molecule has 0 aromatic carbocycles. The van der Waals surface area contributed by atoms with E-state index in [9.17, 15) is 27.2 Å². The Morgan fingerprint density at radius 2 is 1.94 bits per heavy atom. The number of nitrogens with zero attached hydrogens (tertiary/aromatic N) is 1. The fourth-order valence-electron chi connectivity index (χ4n) is 1.98. The molecule has 0 aromatic heterocycles. The highest BCUT2D eigenvalue weighted by molar-refractivity contribution is 5.84. The first-order chi connectivity index (χ1) is 8.17. The van der Waals surface area contributed by atoms with Crippen LogP contribution in [0.4, 0.5) is 17.6 Å². The van der Waals surface area contributed by atoms with Crippen LogP contribution in [0.25, 0.3) is 0 Å². The summed E-state index contributed by atoms with van der Waals surface area (Å²) in [7, 11) is 0. The normalized spacial score (nSPS) is 25.3. The zero-order chi connectivity index (χ0) is 14.1. The highest BCUT2D eigenvalue weighted by Gasteiger charge is 2.52. The van der Waals surface area contributed by atoms with Crippen molar-refractivity contribution in [3.63, 3.8) is 0 Å². The van der Waals surface area contributed by atoms with Crippen LogP contribution < -0.4 is 0 Å². The molecule has 0 bridgehead atoms. The average Bonchev–Trinajstić information content (AvgIpc) is 2.27. The van der Waals surface area contributed by atoms with Gasteiger partial charge in [-0.05, 0) is 19.8 Å². The van der Waals surface area contributed by atoms with Crippen LogP contribution >= 0.6 is 0 Å². The van der Waals surface area contributed by atoms with Crippen LogP contribution in [0.15, 0.2) is 0 Å². The maximum atomic E-state index is 12.9. The molecule has 0 spiro atoms. The number of alkyl halides is 4. The second-order valence-corrected chi connectivity index (χ2v) is 4.33. The molecule has 0 aliphatic carbocycles. The highest BCUT2D eigenvalue weighted by atomic mass is 19.3. The van der Waals surface area contributed by atoms with Crippen LogP contribution in [0.5, 0.6) is 0 Å². The fraction of sp³-hybridized carbons (Fsp3) is 0.800. The first kappa shape index (κ1) is 14.7. The molecule has 104 valence electrons. The number of halogens is 4. The maximum absolute atomic E-state index is 12.9. The lowest BCUT2D eigenvalue weighted by Crippen LogP contribution is -2.54. The van der Waals surface area contributed by atoms with Gasteiger partial charge in [-0.1, -0.05) is 0 Å². The lowest BCUT2D eigenvalue weighted by atomic mass is 9.91. The van der Waals surface area contributed by atoms with E-state index in [0.29, 0.717) is 4.90 Å². The molecule has 18 heavy (non-hydrogen) atoms. The summed E-state index contributed by atoms with van der Waals surface area (Å²) in [6.07, 6.45) is -4.08. The standard InChI is InChI=1S/C10H13F4NO3/c1-5-4-6(7(16)17)2-3-15(5)9(18)10(13,14)8(11)12/h5-6,8H,2-4H2,1H3,(H,16,17). The zero-order valence-corrected chi connectivity index (χ0v) is 9.58. The molecule has 1 heterocycles. The fourth-order valence-corrected chi connectivity index (χ4v) is 1.98. The van der Waals surface area contributed by atoms with Crippen molar-refractivity contribution in [3.05, 3.63) is 0 Å². The van der Waals surface area contributed by atoms with Gasteiger partial charge in [0.2, 0.25) is 0 Å². The third-order valence-electron chi connectivity index (χ3n) is 3.05. The van der Waals surface area contributed by atoms with Crippen molar-refractivity contribution in [2.24, 2.45) is 5.92 Å². The average molecular weight is 271 g/mol. The van der Waals surface area contributed by atoms with Gasteiger partial charge in [-0.2, -0.15) is 8.78 Å². The number of piperidine rings is 1. The minimum absolute atomic E-state index is 0.00920. The van der Waals surface area contributed by atoms with E-state index < -0.39 is 36.2 Å². The van der Waals surface area contributed by atoms with Crippen molar-refractivity contribution in [1.29, 1.82) is 0 Å². The molecular weight excluding hydrogens is 258 g/mol. The molecule has 1 aliphatic rings. The van der Waals surface area contributed by atoms with Gasteiger partial charge in [0, 0.05) is 12.6 Å². The molecular formula is C10H13F4NO3. The largest absolute Gasteiger partial charge is 0.481 e. The van der Waals surface area contributed by atoms with E-state index in [1.807, 2.05) is 0 Å². The first-order valence-electron chi connectivity index (χ1n) is 5.37. The predicted molar refractivity (Wildman–Crippen MR) is 52.5 cm³/mol. The molecule has 2 unspecified atom stereocenters. The number of rotatable bonds is 3. The number of hydrogen-bond acceptors (Lipinski definition) is 2. The molecule has 1 amide bonds. The molecule has 0 saturated carbocycles. The molecule has 0 radical (unpaired) electrons. The Morgan fingerprint density at radius 1 is 1.39 bits per heavy atom. The summed E-state index contributed by atoms with van der Waals surface area (Å²) >= 11 is 0. The minimum atomic E-state index is -4.72. The molecule has 8 heteroatoms. The van der Waals surface area contributed by atoms with Gasteiger partial charge >= 0.3 is 18.3 Å². The topological polar surface area (TPSA) is 57.6 Å². The van der Waals surface area contributed by atoms with E-state index in [4.69, 9.17) is 5.11 Å². The Bertz CT molecular complexity index is 348. The summed E-state index contributed by atoms with van der Waals surface area (Å²) in [5, 5.41) is 8.76. The van der Waals surface area contributed by atoms with Crippen LogP contribution in [0.3, 0.4) is 0 Å². The van der Waals surface area contributed by atoms with Gasteiger partial charge in [-0.15, -0.1) is 0 Å². The van der Waals surface area contributed by atoms with Gasteiger partial charge in [-0.25, -0.2) is 8.78 Å². The number of hydrogen-bond donors (Lipinski definition) is 1. The predicted octanol–water partition coefficient (Wildman–Crippen LogP) is 1.60.